The number of aliphatic carboxylic acids is 1. The number of aliphatic hydroxyl groups excluding tert-OH is 1. The first kappa shape index (κ1) is 10.4. The van der Waals surface area contributed by atoms with Gasteiger partial charge in [0.1, 0.15) is 6.04 Å². The van der Waals surface area contributed by atoms with E-state index >= 15 is 0 Å². The molecule has 0 unspecified atom stereocenters. The fourth-order valence-corrected chi connectivity index (χ4v) is 0.776. The SMILES string of the molecule is N[C@@H](CCCCCO)C(=O)O. The zero-order valence-electron chi connectivity index (χ0n) is 6.49. The Labute approximate surface area is 66.0 Å². The van der Waals surface area contributed by atoms with E-state index < -0.39 is 12.0 Å². The third kappa shape index (κ3) is 5.82. The first-order valence-electron chi connectivity index (χ1n) is 3.77. The molecule has 66 valence electrons. The van der Waals surface area contributed by atoms with Crippen LogP contribution in [0.4, 0.5) is 0 Å². The van der Waals surface area contributed by atoms with Crippen molar-refractivity contribution in [3.8, 4) is 0 Å². The average Bonchev–Trinajstić information content (AvgIpc) is 1.97. The Hall–Kier alpha value is -0.610. The van der Waals surface area contributed by atoms with E-state index in [0.717, 1.165) is 19.3 Å². The molecule has 11 heavy (non-hydrogen) atoms. The van der Waals surface area contributed by atoms with Crippen LogP contribution in [0.2, 0.25) is 0 Å². The van der Waals surface area contributed by atoms with E-state index in [1.807, 2.05) is 0 Å². The molecule has 0 spiro atoms. The van der Waals surface area contributed by atoms with Crippen LogP contribution in [0.15, 0.2) is 0 Å². The van der Waals surface area contributed by atoms with Gasteiger partial charge in [-0.15, -0.1) is 0 Å². The number of hydrogen-bond acceptors (Lipinski definition) is 3. The fourth-order valence-electron chi connectivity index (χ4n) is 0.776. The molecule has 0 radical (unpaired) electrons. The van der Waals surface area contributed by atoms with E-state index in [2.05, 4.69) is 0 Å². The van der Waals surface area contributed by atoms with Crippen LogP contribution in [-0.2, 0) is 4.79 Å². The summed E-state index contributed by atoms with van der Waals surface area (Å²) in [6.07, 6.45) is 2.84. The lowest BCUT2D eigenvalue weighted by molar-refractivity contribution is -0.138. The van der Waals surface area contributed by atoms with Gasteiger partial charge in [-0.25, -0.2) is 0 Å². The van der Waals surface area contributed by atoms with Gasteiger partial charge in [-0.1, -0.05) is 12.8 Å². The van der Waals surface area contributed by atoms with Gasteiger partial charge in [-0.2, -0.15) is 0 Å². The highest BCUT2D eigenvalue weighted by Crippen LogP contribution is 2.01. The van der Waals surface area contributed by atoms with Gasteiger partial charge >= 0.3 is 5.97 Å². The topological polar surface area (TPSA) is 83.5 Å². The third-order valence-electron chi connectivity index (χ3n) is 1.49. The van der Waals surface area contributed by atoms with Crippen LogP contribution in [0.3, 0.4) is 0 Å². The minimum atomic E-state index is -0.950. The predicted octanol–water partition coefficient (Wildman–Crippen LogP) is -0.0490. The molecule has 0 aromatic rings. The van der Waals surface area contributed by atoms with Crippen molar-refractivity contribution in [3.63, 3.8) is 0 Å². The van der Waals surface area contributed by atoms with Crippen molar-refractivity contribution in [2.24, 2.45) is 5.73 Å². The summed E-state index contributed by atoms with van der Waals surface area (Å²) in [7, 11) is 0. The second-order valence-corrected chi connectivity index (χ2v) is 2.52. The highest BCUT2D eigenvalue weighted by molar-refractivity contribution is 5.72. The van der Waals surface area contributed by atoms with Crippen molar-refractivity contribution in [2.75, 3.05) is 6.61 Å². The highest BCUT2D eigenvalue weighted by atomic mass is 16.4. The van der Waals surface area contributed by atoms with Gasteiger partial charge in [0.15, 0.2) is 0 Å². The molecule has 4 nitrogen and oxygen atoms in total. The molecular weight excluding hydrogens is 146 g/mol. The molecule has 0 aliphatic carbocycles. The molecule has 4 heteroatoms. The Kier molecular flexibility index (Phi) is 5.78. The van der Waals surface area contributed by atoms with Crippen molar-refractivity contribution in [3.05, 3.63) is 0 Å². The van der Waals surface area contributed by atoms with Crippen LogP contribution in [-0.4, -0.2) is 28.8 Å². The predicted molar refractivity (Wildman–Crippen MR) is 41.2 cm³/mol. The molecule has 0 aromatic heterocycles. The zero-order valence-corrected chi connectivity index (χ0v) is 6.49. The molecule has 1 atom stereocenters. The molecule has 0 fully saturated rings. The standard InChI is InChI=1S/C7H15NO3/c8-6(7(10)11)4-2-1-3-5-9/h6,9H,1-5,8H2,(H,10,11)/t6-/m0/s1. The molecule has 0 aliphatic rings. The van der Waals surface area contributed by atoms with Crippen LogP contribution in [0, 0.1) is 0 Å². The quantitative estimate of drug-likeness (QED) is 0.477. The summed E-state index contributed by atoms with van der Waals surface area (Å²) in [5.74, 6) is -0.950. The number of nitrogens with two attached hydrogens (primary N) is 1. The summed E-state index contributed by atoms with van der Waals surface area (Å²) >= 11 is 0. The fraction of sp³-hybridized carbons (Fsp3) is 0.857. The smallest absolute Gasteiger partial charge is 0.320 e. The van der Waals surface area contributed by atoms with Gasteiger partial charge in [-0.05, 0) is 12.8 Å². The maximum Gasteiger partial charge on any atom is 0.320 e. The van der Waals surface area contributed by atoms with Crippen molar-refractivity contribution < 1.29 is 15.0 Å². The number of aliphatic hydroxyl groups is 1. The molecule has 0 aliphatic heterocycles. The highest BCUT2D eigenvalue weighted by Gasteiger charge is 2.09. The van der Waals surface area contributed by atoms with Crippen LogP contribution in [0.1, 0.15) is 25.7 Å². The lowest BCUT2D eigenvalue weighted by atomic mass is 10.1. The molecule has 0 aromatic carbocycles. The molecule has 0 saturated carbocycles. The minimum Gasteiger partial charge on any atom is -0.480 e. The largest absolute Gasteiger partial charge is 0.480 e. The number of hydrogen-bond donors (Lipinski definition) is 3. The molecular formula is C7H15NO3. The first-order valence-corrected chi connectivity index (χ1v) is 3.77. The molecule has 0 rings (SSSR count). The van der Waals surface area contributed by atoms with Gasteiger partial charge in [0.25, 0.3) is 0 Å². The first-order chi connectivity index (χ1) is 5.18. The lowest BCUT2D eigenvalue weighted by Crippen LogP contribution is -2.29. The van der Waals surface area contributed by atoms with Gasteiger partial charge in [0, 0.05) is 6.61 Å². The molecule has 0 heterocycles. The van der Waals surface area contributed by atoms with Crippen molar-refractivity contribution in [1.82, 2.24) is 0 Å². The number of unbranched alkanes of at least 4 members (excludes halogenated alkanes) is 2. The van der Waals surface area contributed by atoms with E-state index in [9.17, 15) is 4.79 Å². The number of carboxylic acids is 1. The molecule has 0 bridgehead atoms. The maximum atomic E-state index is 10.2. The Balaban J connectivity index is 3.17. The van der Waals surface area contributed by atoms with Crippen LogP contribution >= 0.6 is 0 Å². The second kappa shape index (κ2) is 6.12. The maximum absolute atomic E-state index is 10.2. The number of carbonyl (C=O) groups is 1. The van der Waals surface area contributed by atoms with Crippen molar-refractivity contribution in [2.45, 2.75) is 31.7 Å². The summed E-state index contributed by atoms with van der Waals surface area (Å²) in [5.41, 5.74) is 5.24. The summed E-state index contributed by atoms with van der Waals surface area (Å²) in [6.45, 7) is 0.169. The van der Waals surface area contributed by atoms with Gasteiger partial charge in [-0.3, -0.25) is 4.79 Å². The van der Waals surface area contributed by atoms with E-state index in [1.54, 1.807) is 0 Å². The lowest BCUT2D eigenvalue weighted by Gasteiger charge is -2.04. The normalized spacial score (nSPS) is 12.9. The molecule has 0 amide bonds. The minimum absolute atomic E-state index is 0.169. The van der Waals surface area contributed by atoms with Crippen molar-refractivity contribution >= 4 is 5.97 Å². The van der Waals surface area contributed by atoms with Crippen molar-refractivity contribution in [1.29, 1.82) is 0 Å². The Bertz CT molecular complexity index is 116. The second-order valence-electron chi connectivity index (χ2n) is 2.52. The Morgan fingerprint density at radius 3 is 2.45 bits per heavy atom. The van der Waals surface area contributed by atoms with E-state index in [1.165, 1.54) is 0 Å². The van der Waals surface area contributed by atoms with Crippen LogP contribution in [0.25, 0.3) is 0 Å². The summed E-state index contributed by atoms with van der Waals surface area (Å²) < 4.78 is 0. The molecule has 0 saturated heterocycles. The monoisotopic (exact) mass is 161 g/mol. The van der Waals surface area contributed by atoms with Gasteiger partial charge in [0.05, 0.1) is 0 Å². The number of carboxylic acid groups (broad SMARTS) is 1. The van der Waals surface area contributed by atoms with E-state index in [-0.39, 0.29) is 6.61 Å². The average molecular weight is 161 g/mol. The van der Waals surface area contributed by atoms with Gasteiger partial charge in [0.2, 0.25) is 0 Å². The molecule has 4 N–H and O–H groups in total. The third-order valence-corrected chi connectivity index (χ3v) is 1.49. The van der Waals surface area contributed by atoms with E-state index in [0.29, 0.717) is 6.42 Å². The van der Waals surface area contributed by atoms with Gasteiger partial charge < -0.3 is 15.9 Å². The Morgan fingerprint density at radius 1 is 1.36 bits per heavy atom. The summed E-state index contributed by atoms with van der Waals surface area (Å²) in [6, 6.07) is -0.742. The van der Waals surface area contributed by atoms with E-state index in [4.69, 9.17) is 15.9 Å². The van der Waals surface area contributed by atoms with Crippen LogP contribution in [0.5, 0.6) is 0 Å². The summed E-state index contributed by atoms with van der Waals surface area (Å²) in [5, 5.41) is 16.8. The van der Waals surface area contributed by atoms with Crippen LogP contribution < -0.4 is 5.73 Å². The Morgan fingerprint density at radius 2 is 2.00 bits per heavy atom. The zero-order chi connectivity index (χ0) is 8.69. The summed E-state index contributed by atoms with van der Waals surface area (Å²) in [4.78, 5) is 10.2. The number of rotatable bonds is 6.